The van der Waals surface area contributed by atoms with Gasteiger partial charge in [-0.2, -0.15) is 0 Å². The maximum absolute atomic E-state index is 5.75. The standard InChI is InChI=1S/C20H27N5OS/c1-14-13-16(15(2)22-14)19-18(17-5-3-4-6-21-17)23-20(27)25(19)8-7-24-9-11-26-12-10-24/h3-6,13,18-19,22H,7-12H2,1-2H3,(H,23,27)/t18-,19-/m1/s1. The highest BCUT2D eigenvalue weighted by Crippen LogP contribution is 2.39. The topological polar surface area (TPSA) is 56.4 Å². The van der Waals surface area contributed by atoms with E-state index in [2.05, 4.69) is 51.1 Å². The first kappa shape index (κ1) is 18.4. The zero-order valence-corrected chi connectivity index (χ0v) is 16.8. The van der Waals surface area contributed by atoms with Crippen molar-refractivity contribution in [1.82, 2.24) is 25.1 Å². The van der Waals surface area contributed by atoms with Gasteiger partial charge in [-0.15, -0.1) is 0 Å². The lowest BCUT2D eigenvalue weighted by atomic mass is 9.97. The molecule has 4 rings (SSSR count). The first-order valence-electron chi connectivity index (χ1n) is 9.58. The van der Waals surface area contributed by atoms with Crippen LogP contribution >= 0.6 is 12.2 Å². The maximum Gasteiger partial charge on any atom is 0.170 e. The van der Waals surface area contributed by atoms with Gasteiger partial charge in [0.25, 0.3) is 0 Å². The van der Waals surface area contributed by atoms with E-state index in [1.54, 1.807) is 0 Å². The second-order valence-corrected chi connectivity index (χ2v) is 7.69. The fourth-order valence-electron chi connectivity index (χ4n) is 4.11. The van der Waals surface area contributed by atoms with Crippen molar-refractivity contribution >= 4 is 17.3 Å². The number of nitrogens with one attached hydrogen (secondary N) is 2. The van der Waals surface area contributed by atoms with Gasteiger partial charge >= 0.3 is 0 Å². The second-order valence-electron chi connectivity index (χ2n) is 7.31. The minimum Gasteiger partial charge on any atom is -0.379 e. The van der Waals surface area contributed by atoms with E-state index in [0.717, 1.165) is 50.2 Å². The second kappa shape index (κ2) is 7.96. The molecule has 2 atom stereocenters. The van der Waals surface area contributed by atoms with Crippen molar-refractivity contribution in [1.29, 1.82) is 0 Å². The lowest BCUT2D eigenvalue weighted by molar-refractivity contribution is 0.0350. The maximum atomic E-state index is 5.75. The fraction of sp³-hybridized carbons (Fsp3) is 0.500. The Bertz CT molecular complexity index is 787. The third-order valence-corrected chi connectivity index (χ3v) is 5.82. The predicted octanol–water partition coefficient (Wildman–Crippen LogP) is 2.33. The van der Waals surface area contributed by atoms with Gasteiger partial charge in [0.05, 0.1) is 31.0 Å². The van der Waals surface area contributed by atoms with Crippen LogP contribution in [0.1, 0.15) is 34.7 Å². The first-order chi connectivity index (χ1) is 13.1. The summed E-state index contributed by atoms with van der Waals surface area (Å²) in [6.45, 7) is 9.74. The van der Waals surface area contributed by atoms with Crippen molar-refractivity contribution in [2.45, 2.75) is 25.9 Å². The molecular formula is C20H27N5OS. The highest BCUT2D eigenvalue weighted by Gasteiger charge is 2.40. The molecule has 144 valence electrons. The summed E-state index contributed by atoms with van der Waals surface area (Å²) in [6, 6.07) is 8.50. The van der Waals surface area contributed by atoms with Gasteiger partial charge in [0, 0.05) is 43.8 Å². The van der Waals surface area contributed by atoms with Gasteiger partial charge in [0.2, 0.25) is 0 Å². The largest absolute Gasteiger partial charge is 0.379 e. The van der Waals surface area contributed by atoms with Gasteiger partial charge in [-0.1, -0.05) is 6.07 Å². The first-order valence-corrected chi connectivity index (χ1v) is 9.98. The van der Waals surface area contributed by atoms with E-state index in [1.807, 2.05) is 18.3 Å². The van der Waals surface area contributed by atoms with E-state index in [0.29, 0.717) is 0 Å². The van der Waals surface area contributed by atoms with Crippen LogP contribution in [0.15, 0.2) is 30.5 Å². The monoisotopic (exact) mass is 385 g/mol. The van der Waals surface area contributed by atoms with E-state index in [4.69, 9.17) is 17.0 Å². The summed E-state index contributed by atoms with van der Waals surface area (Å²) in [6.07, 6.45) is 1.85. The number of hydrogen-bond acceptors (Lipinski definition) is 4. The van der Waals surface area contributed by atoms with Crippen LogP contribution in [0.3, 0.4) is 0 Å². The lowest BCUT2D eigenvalue weighted by Crippen LogP contribution is -2.42. The zero-order valence-electron chi connectivity index (χ0n) is 15.9. The number of rotatable bonds is 5. The number of ether oxygens (including phenoxy) is 1. The molecule has 0 saturated carbocycles. The molecule has 0 aromatic carbocycles. The number of aromatic nitrogens is 2. The third kappa shape index (κ3) is 3.85. The molecule has 0 spiro atoms. The quantitative estimate of drug-likeness (QED) is 0.771. The molecule has 2 N–H and O–H groups in total. The average molecular weight is 386 g/mol. The van der Waals surface area contributed by atoms with Gasteiger partial charge in [0.1, 0.15) is 0 Å². The van der Waals surface area contributed by atoms with E-state index < -0.39 is 0 Å². The van der Waals surface area contributed by atoms with Crippen molar-refractivity contribution in [3.8, 4) is 0 Å². The van der Waals surface area contributed by atoms with Crippen LogP contribution in [0, 0.1) is 13.8 Å². The summed E-state index contributed by atoms with van der Waals surface area (Å²) in [5.74, 6) is 0. The van der Waals surface area contributed by atoms with Crippen LogP contribution < -0.4 is 5.32 Å². The Morgan fingerprint density at radius 3 is 2.70 bits per heavy atom. The molecular weight excluding hydrogens is 358 g/mol. The number of aromatic amines is 1. The van der Waals surface area contributed by atoms with Crippen molar-refractivity contribution in [3.05, 3.63) is 53.1 Å². The van der Waals surface area contributed by atoms with Gasteiger partial charge in [-0.25, -0.2) is 0 Å². The van der Waals surface area contributed by atoms with E-state index >= 15 is 0 Å². The fourth-order valence-corrected chi connectivity index (χ4v) is 4.44. The average Bonchev–Trinajstić information content (AvgIpc) is 3.19. The molecule has 2 aromatic rings. The molecule has 4 heterocycles. The molecule has 0 unspecified atom stereocenters. The summed E-state index contributed by atoms with van der Waals surface area (Å²) in [4.78, 5) is 12.8. The van der Waals surface area contributed by atoms with Crippen molar-refractivity contribution in [2.75, 3.05) is 39.4 Å². The molecule has 27 heavy (non-hydrogen) atoms. The smallest absolute Gasteiger partial charge is 0.170 e. The van der Waals surface area contributed by atoms with E-state index in [-0.39, 0.29) is 12.1 Å². The number of aryl methyl sites for hydroxylation is 2. The zero-order chi connectivity index (χ0) is 18.8. The van der Waals surface area contributed by atoms with Gasteiger partial charge in [-0.05, 0) is 49.8 Å². The number of morpholine rings is 1. The minimum atomic E-state index is 0.0530. The number of nitrogens with zero attached hydrogens (tertiary/aromatic N) is 3. The van der Waals surface area contributed by atoms with Crippen LogP contribution in [-0.2, 0) is 4.74 Å². The molecule has 2 fully saturated rings. The number of pyridine rings is 1. The van der Waals surface area contributed by atoms with Crippen LogP contribution in [-0.4, -0.2) is 64.3 Å². The number of hydrogen-bond donors (Lipinski definition) is 2. The SMILES string of the molecule is Cc1cc([C@@H]2[C@@H](c3ccccn3)NC(=S)N2CCN2CCOCC2)c(C)[nH]1. The normalized spacial score (nSPS) is 23.6. The summed E-state index contributed by atoms with van der Waals surface area (Å²) in [7, 11) is 0. The molecule has 2 saturated heterocycles. The van der Waals surface area contributed by atoms with Crippen LogP contribution in [0.4, 0.5) is 0 Å². The van der Waals surface area contributed by atoms with Crippen molar-refractivity contribution in [2.24, 2.45) is 0 Å². The molecule has 2 aliphatic rings. The van der Waals surface area contributed by atoms with E-state index in [1.165, 1.54) is 17.0 Å². The molecule has 2 aromatic heterocycles. The lowest BCUT2D eigenvalue weighted by Gasteiger charge is -2.32. The summed E-state index contributed by atoms with van der Waals surface area (Å²) in [5, 5.41) is 4.34. The van der Waals surface area contributed by atoms with Crippen LogP contribution in [0.5, 0.6) is 0 Å². The number of H-pyrrole nitrogens is 1. The highest BCUT2D eigenvalue weighted by atomic mass is 32.1. The van der Waals surface area contributed by atoms with E-state index in [9.17, 15) is 0 Å². The Hall–Kier alpha value is -1.96. The van der Waals surface area contributed by atoms with Gasteiger partial charge < -0.3 is 19.9 Å². The van der Waals surface area contributed by atoms with Crippen LogP contribution in [0.2, 0.25) is 0 Å². The summed E-state index contributed by atoms with van der Waals surface area (Å²) in [5.41, 5.74) is 4.68. The molecule has 6 nitrogen and oxygen atoms in total. The molecule has 0 radical (unpaired) electrons. The summed E-state index contributed by atoms with van der Waals surface area (Å²) >= 11 is 5.75. The van der Waals surface area contributed by atoms with Gasteiger partial charge in [-0.3, -0.25) is 9.88 Å². The minimum absolute atomic E-state index is 0.0530. The van der Waals surface area contributed by atoms with Crippen molar-refractivity contribution in [3.63, 3.8) is 0 Å². The predicted molar refractivity (Wildman–Crippen MR) is 110 cm³/mol. The molecule has 0 amide bonds. The molecule has 2 aliphatic heterocycles. The van der Waals surface area contributed by atoms with Crippen LogP contribution in [0.25, 0.3) is 0 Å². The Balaban J connectivity index is 1.61. The Morgan fingerprint density at radius 1 is 1.22 bits per heavy atom. The highest BCUT2D eigenvalue weighted by molar-refractivity contribution is 7.80. The molecule has 0 bridgehead atoms. The Kier molecular flexibility index (Phi) is 5.43. The number of thiocarbonyl (C=S) groups is 1. The summed E-state index contributed by atoms with van der Waals surface area (Å²) < 4.78 is 5.47. The van der Waals surface area contributed by atoms with Crippen molar-refractivity contribution < 1.29 is 4.74 Å². The molecule has 7 heteroatoms. The molecule has 0 aliphatic carbocycles. The Morgan fingerprint density at radius 2 is 2.04 bits per heavy atom. The third-order valence-electron chi connectivity index (χ3n) is 5.47. The Labute approximate surface area is 165 Å². The van der Waals surface area contributed by atoms with Gasteiger partial charge in [0.15, 0.2) is 5.11 Å².